The summed E-state index contributed by atoms with van der Waals surface area (Å²) in [6, 6.07) is 17.0. The summed E-state index contributed by atoms with van der Waals surface area (Å²) in [6.07, 6.45) is 0. The molecule has 0 saturated carbocycles. The van der Waals surface area contributed by atoms with Gasteiger partial charge >= 0.3 is 0 Å². The maximum atomic E-state index is 4.80. The highest BCUT2D eigenvalue weighted by Gasteiger charge is 2.26. The molecule has 0 aromatic heterocycles. The Bertz CT molecular complexity index is 959. The molecule has 5 rings (SSSR count). The molecule has 0 aliphatic carbocycles. The Kier molecular flexibility index (Phi) is 6.99. The highest BCUT2D eigenvalue weighted by atomic mass is 35.5. The van der Waals surface area contributed by atoms with Crippen molar-refractivity contribution in [2.45, 2.75) is 19.6 Å². The minimum absolute atomic E-state index is 0. The van der Waals surface area contributed by atoms with Gasteiger partial charge in [0.15, 0.2) is 10.3 Å². The lowest BCUT2D eigenvalue weighted by Crippen LogP contribution is -2.25. The Morgan fingerprint density at radius 2 is 1.64 bits per heavy atom. The van der Waals surface area contributed by atoms with Gasteiger partial charge in [0.25, 0.3) is 0 Å². The number of benzene rings is 2. The molecule has 0 saturated heterocycles. The fourth-order valence-corrected chi connectivity index (χ4v) is 5.15. The minimum atomic E-state index is 0. The van der Waals surface area contributed by atoms with Crippen LogP contribution in [0.5, 0.6) is 0 Å². The lowest BCUT2D eigenvalue weighted by molar-refractivity contribution is 0.529. The van der Waals surface area contributed by atoms with E-state index in [4.69, 9.17) is 4.99 Å². The number of nitrogens with one attached hydrogen (secondary N) is 1. The van der Waals surface area contributed by atoms with E-state index in [0.29, 0.717) is 0 Å². The van der Waals surface area contributed by atoms with Crippen LogP contribution in [0.3, 0.4) is 0 Å². The molecule has 0 atom stereocenters. The number of fused-ring (bicyclic) bond motifs is 3. The molecule has 0 fully saturated rings. The van der Waals surface area contributed by atoms with Crippen LogP contribution in [-0.4, -0.2) is 21.0 Å². The first kappa shape index (κ1) is 21.1. The van der Waals surface area contributed by atoms with E-state index in [1.54, 1.807) is 23.5 Å². The molecular formula is C20H20Cl2N4S2. The molecule has 3 aliphatic rings. The van der Waals surface area contributed by atoms with Gasteiger partial charge in [-0.05, 0) is 28.2 Å². The zero-order valence-electron chi connectivity index (χ0n) is 15.0. The second-order valence-corrected chi connectivity index (χ2v) is 8.17. The summed E-state index contributed by atoms with van der Waals surface area (Å²) in [5, 5.41) is 7.79. The number of para-hydroxylation sites is 1. The topological polar surface area (TPSA) is 40.0 Å². The number of thioether (sulfide) groups is 2. The largest absolute Gasteiger partial charge is 0.335 e. The SMILES string of the molecule is C1=C(CSC2=NCc3ccccc3N2)N2Cc3ccccc3CN=C2S1.Cl.Cl. The van der Waals surface area contributed by atoms with Gasteiger partial charge in [-0.2, -0.15) is 0 Å². The molecule has 146 valence electrons. The van der Waals surface area contributed by atoms with E-state index < -0.39 is 0 Å². The van der Waals surface area contributed by atoms with E-state index in [2.05, 4.69) is 69.1 Å². The van der Waals surface area contributed by atoms with Crippen LogP contribution in [-0.2, 0) is 19.6 Å². The molecule has 8 heteroatoms. The van der Waals surface area contributed by atoms with Crippen molar-refractivity contribution in [3.8, 4) is 0 Å². The number of aliphatic imine (C=N–C) groups is 2. The van der Waals surface area contributed by atoms with Crippen molar-refractivity contribution in [1.82, 2.24) is 4.90 Å². The molecule has 3 aliphatic heterocycles. The van der Waals surface area contributed by atoms with Gasteiger partial charge in [-0.15, -0.1) is 24.8 Å². The standard InChI is InChI=1S/C20H18N4S2.2ClH/c1-2-7-16-11-24-17(13-26-20(24)22-9-14(16)5-1)12-25-19-21-10-15-6-3-4-8-18(15)23-19;;/h1-8,13H,9-12H2,(H,21,23);2*1H. The van der Waals surface area contributed by atoms with Crippen LogP contribution in [0.4, 0.5) is 5.69 Å². The molecule has 2 aromatic rings. The first-order valence-electron chi connectivity index (χ1n) is 8.63. The lowest BCUT2D eigenvalue weighted by atomic mass is 10.1. The van der Waals surface area contributed by atoms with Crippen LogP contribution in [0.1, 0.15) is 16.7 Å². The number of anilines is 1. The Labute approximate surface area is 185 Å². The van der Waals surface area contributed by atoms with Gasteiger partial charge < -0.3 is 10.2 Å². The van der Waals surface area contributed by atoms with Gasteiger partial charge in [0.2, 0.25) is 0 Å². The van der Waals surface area contributed by atoms with Crippen LogP contribution in [0.15, 0.2) is 69.6 Å². The summed E-state index contributed by atoms with van der Waals surface area (Å²) in [5.41, 5.74) is 6.43. The molecule has 0 radical (unpaired) electrons. The second-order valence-electron chi connectivity index (χ2n) is 6.37. The molecule has 2 aromatic carbocycles. The molecule has 0 bridgehead atoms. The summed E-state index contributed by atoms with van der Waals surface area (Å²) in [6.45, 7) is 2.43. The fraction of sp³-hybridized carbons (Fsp3) is 0.200. The number of halogens is 2. The van der Waals surface area contributed by atoms with Crippen LogP contribution in [0, 0.1) is 0 Å². The predicted molar refractivity (Wildman–Crippen MR) is 127 cm³/mol. The highest BCUT2D eigenvalue weighted by Crippen LogP contribution is 2.34. The van der Waals surface area contributed by atoms with Crippen molar-refractivity contribution in [3.63, 3.8) is 0 Å². The summed E-state index contributed by atoms with van der Waals surface area (Å²) in [4.78, 5) is 11.8. The zero-order chi connectivity index (χ0) is 17.3. The van der Waals surface area contributed by atoms with Crippen LogP contribution < -0.4 is 5.32 Å². The van der Waals surface area contributed by atoms with Crippen molar-refractivity contribution in [2.24, 2.45) is 9.98 Å². The molecule has 0 unspecified atom stereocenters. The third kappa shape index (κ3) is 4.20. The lowest BCUT2D eigenvalue weighted by Gasteiger charge is -2.22. The van der Waals surface area contributed by atoms with Crippen molar-refractivity contribution in [2.75, 3.05) is 11.1 Å². The van der Waals surface area contributed by atoms with E-state index in [1.165, 1.54) is 28.1 Å². The van der Waals surface area contributed by atoms with Crippen molar-refractivity contribution < 1.29 is 0 Å². The molecule has 28 heavy (non-hydrogen) atoms. The van der Waals surface area contributed by atoms with Crippen LogP contribution in [0.2, 0.25) is 0 Å². The first-order valence-corrected chi connectivity index (χ1v) is 10.5. The average Bonchev–Trinajstić information content (AvgIpc) is 2.97. The van der Waals surface area contributed by atoms with Crippen LogP contribution >= 0.6 is 48.3 Å². The quantitative estimate of drug-likeness (QED) is 0.654. The van der Waals surface area contributed by atoms with Gasteiger partial charge in [0.1, 0.15) is 0 Å². The highest BCUT2D eigenvalue weighted by molar-refractivity contribution is 8.17. The van der Waals surface area contributed by atoms with Crippen molar-refractivity contribution >= 4 is 64.4 Å². The smallest absolute Gasteiger partial charge is 0.168 e. The van der Waals surface area contributed by atoms with Gasteiger partial charge in [0, 0.05) is 17.1 Å². The third-order valence-corrected chi connectivity index (χ3v) is 6.61. The maximum absolute atomic E-state index is 4.80. The van der Waals surface area contributed by atoms with Crippen molar-refractivity contribution in [1.29, 1.82) is 0 Å². The molecule has 0 amide bonds. The van der Waals surface area contributed by atoms with Crippen LogP contribution in [0.25, 0.3) is 0 Å². The monoisotopic (exact) mass is 450 g/mol. The van der Waals surface area contributed by atoms with E-state index in [9.17, 15) is 0 Å². The second kappa shape index (κ2) is 9.27. The molecule has 0 spiro atoms. The summed E-state index contributed by atoms with van der Waals surface area (Å²) >= 11 is 3.50. The molecule has 3 heterocycles. The van der Waals surface area contributed by atoms with Gasteiger partial charge in [-0.3, -0.25) is 9.98 Å². The molecular weight excluding hydrogens is 431 g/mol. The van der Waals surface area contributed by atoms with E-state index in [1.807, 2.05) is 0 Å². The van der Waals surface area contributed by atoms with Gasteiger partial charge in [-0.25, -0.2) is 0 Å². The maximum Gasteiger partial charge on any atom is 0.168 e. The number of amidine groups is 2. The van der Waals surface area contributed by atoms with E-state index in [-0.39, 0.29) is 24.8 Å². The van der Waals surface area contributed by atoms with Crippen molar-refractivity contribution in [3.05, 3.63) is 76.3 Å². The number of hydrogen-bond donors (Lipinski definition) is 1. The van der Waals surface area contributed by atoms with Gasteiger partial charge in [0.05, 0.1) is 19.6 Å². The Hall–Kier alpha value is -1.60. The summed E-state index contributed by atoms with van der Waals surface area (Å²) in [7, 11) is 0. The van der Waals surface area contributed by atoms with E-state index in [0.717, 1.165) is 35.7 Å². The first-order chi connectivity index (χ1) is 12.9. The molecule has 4 nitrogen and oxygen atoms in total. The Morgan fingerprint density at radius 1 is 0.929 bits per heavy atom. The predicted octanol–water partition coefficient (Wildman–Crippen LogP) is 5.50. The zero-order valence-corrected chi connectivity index (χ0v) is 18.3. The fourth-order valence-electron chi connectivity index (χ4n) is 3.28. The Balaban J connectivity index is 0.00000112. The van der Waals surface area contributed by atoms with E-state index >= 15 is 0 Å². The van der Waals surface area contributed by atoms with Gasteiger partial charge in [-0.1, -0.05) is 66.0 Å². The minimum Gasteiger partial charge on any atom is -0.335 e. The number of nitrogens with zero attached hydrogens (tertiary/aromatic N) is 3. The summed E-state index contributed by atoms with van der Waals surface area (Å²) in [5.74, 6) is 0.891. The summed E-state index contributed by atoms with van der Waals surface area (Å²) < 4.78 is 0. The molecule has 1 N–H and O–H groups in total. The number of hydrogen-bond acceptors (Lipinski definition) is 6. The normalized spacial score (nSPS) is 16.6. The third-order valence-electron chi connectivity index (χ3n) is 4.72. The number of rotatable bonds is 2. The Morgan fingerprint density at radius 3 is 2.50 bits per heavy atom. The average molecular weight is 451 g/mol.